The number of ether oxygens (including phenoxy) is 2. The first kappa shape index (κ1) is 18.7. The van der Waals surface area contributed by atoms with Crippen LogP contribution in [0.4, 0.5) is 10.1 Å². The highest BCUT2D eigenvalue weighted by Crippen LogP contribution is 2.34. The number of methoxy groups -OCH3 is 2. The maximum Gasteiger partial charge on any atom is 0.146 e. The summed E-state index contributed by atoms with van der Waals surface area (Å²) in [5.41, 5.74) is 1.42. The minimum atomic E-state index is -1.35. The van der Waals surface area contributed by atoms with Crippen LogP contribution in [0.5, 0.6) is 11.5 Å². The molecule has 1 saturated heterocycles. The van der Waals surface area contributed by atoms with Crippen molar-refractivity contribution >= 4 is 16.7 Å². The highest BCUT2D eigenvalue weighted by Gasteiger charge is 2.26. The molecule has 0 N–H and O–H groups in total. The minimum Gasteiger partial charge on any atom is -0.496 e. The zero-order valence-electron chi connectivity index (χ0n) is 15.2. The van der Waals surface area contributed by atoms with E-state index in [1.54, 1.807) is 38.5 Å². The van der Waals surface area contributed by atoms with Crippen LogP contribution >= 0.6 is 0 Å². The molecular formula is C19H23FN2O3S. The van der Waals surface area contributed by atoms with Crippen molar-refractivity contribution in [3.63, 3.8) is 0 Å². The average molecular weight is 378 g/mol. The number of para-hydroxylation sites is 1. The molecule has 0 amide bonds. The summed E-state index contributed by atoms with van der Waals surface area (Å²) < 4.78 is 39.7. The van der Waals surface area contributed by atoms with Crippen molar-refractivity contribution < 1.29 is 18.1 Å². The number of nitrogens with zero attached hydrogens (tertiary/aromatic N) is 2. The van der Waals surface area contributed by atoms with Crippen molar-refractivity contribution in [1.82, 2.24) is 4.31 Å². The van der Waals surface area contributed by atoms with E-state index in [4.69, 9.17) is 9.47 Å². The van der Waals surface area contributed by atoms with Crippen LogP contribution in [0.3, 0.4) is 0 Å². The van der Waals surface area contributed by atoms with Crippen LogP contribution in [-0.2, 0) is 11.0 Å². The van der Waals surface area contributed by atoms with Gasteiger partial charge < -0.3 is 14.4 Å². The largest absolute Gasteiger partial charge is 0.496 e. The number of hydrogen-bond donors (Lipinski definition) is 0. The van der Waals surface area contributed by atoms with Gasteiger partial charge in [0.2, 0.25) is 0 Å². The molecule has 3 rings (SSSR count). The van der Waals surface area contributed by atoms with E-state index < -0.39 is 11.0 Å². The van der Waals surface area contributed by atoms with Crippen LogP contribution in [0.15, 0.2) is 41.3 Å². The van der Waals surface area contributed by atoms with Crippen molar-refractivity contribution in [2.75, 3.05) is 45.3 Å². The lowest BCUT2D eigenvalue weighted by Gasteiger charge is -2.35. The van der Waals surface area contributed by atoms with Gasteiger partial charge in [-0.1, -0.05) is 12.1 Å². The molecule has 5 nitrogen and oxygen atoms in total. The molecule has 0 spiro atoms. The summed E-state index contributed by atoms with van der Waals surface area (Å²) in [4.78, 5) is 2.62. The predicted molar refractivity (Wildman–Crippen MR) is 101 cm³/mol. The second-order valence-corrected chi connectivity index (χ2v) is 7.50. The number of rotatable bonds is 5. The van der Waals surface area contributed by atoms with Gasteiger partial charge in [0.1, 0.15) is 28.3 Å². The van der Waals surface area contributed by atoms with Crippen LogP contribution in [0.1, 0.15) is 5.56 Å². The van der Waals surface area contributed by atoms with E-state index in [0.717, 1.165) is 5.56 Å². The Morgan fingerprint density at radius 3 is 2.31 bits per heavy atom. The summed E-state index contributed by atoms with van der Waals surface area (Å²) in [5.74, 6) is 1.06. The molecule has 2 aromatic rings. The van der Waals surface area contributed by atoms with Gasteiger partial charge in [-0.25, -0.2) is 12.9 Å². The summed E-state index contributed by atoms with van der Waals surface area (Å²) in [6.45, 7) is 4.27. The van der Waals surface area contributed by atoms with E-state index in [-0.39, 0.29) is 5.82 Å². The Labute approximate surface area is 155 Å². The van der Waals surface area contributed by atoms with E-state index in [9.17, 15) is 8.60 Å². The summed E-state index contributed by atoms with van der Waals surface area (Å²) in [7, 11) is 1.82. The van der Waals surface area contributed by atoms with Crippen molar-refractivity contribution in [2.45, 2.75) is 11.8 Å². The molecule has 140 valence electrons. The van der Waals surface area contributed by atoms with Crippen LogP contribution in [0.25, 0.3) is 0 Å². The molecule has 2 aromatic carbocycles. The monoisotopic (exact) mass is 378 g/mol. The van der Waals surface area contributed by atoms with Gasteiger partial charge in [0, 0.05) is 31.7 Å². The molecular weight excluding hydrogens is 355 g/mol. The van der Waals surface area contributed by atoms with Gasteiger partial charge >= 0.3 is 0 Å². The zero-order valence-corrected chi connectivity index (χ0v) is 16.0. The van der Waals surface area contributed by atoms with Gasteiger partial charge in [-0.3, -0.25) is 0 Å². The Balaban J connectivity index is 1.75. The molecule has 1 heterocycles. The van der Waals surface area contributed by atoms with Gasteiger partial charge in [0.05, 0.1) is 24.8 Å². The average Bonchev–Trinajstić information content (AvgIpc) is 2.67. The Morgan fingerprint density at radius 2 is 1.69 bits per heavy atom. The van der Waals surface area contributed by atoms with Gasteiger partial charge in [-0.2, -0.15) is 0 Å². The van der Waals surface area contributed by atoms with Crippen LogP contribution in [0.2, 0.25) is 0 Å². The predicted octanol–water partition coefficient (Wildman–Crippen LogP) is 3.00. The normalized spacial score (nSPS) is 16.4. The SMILES string of the molecule is COc1ccc([S@@](=O)N2CCN(c3ccccc3F)CC2)c(OC)c1C. The van der Waals surface area contributed by atoms with E-state index in [2.05, 4.69) is 0 Å². The standard InChI is InChI=1S/C19H23FN2O3S/c1-14-17(24-2)8-9-18(19(14)25-3)26(23)22-12-10-21(11-13-22)16-7-5-4-6-15(16)20/h4-9H,10-13H2,1-3H3/t26-/m1/s1. The van der Waals surface area contributed by atoms with Gasteiger partial charge in [-0.05, 0) is 31.2 Å². The quantitative estimate of drug-likeness (QED) is 0.802. The van der Waals surface area contributed by atoms with E-state index >= 15 is 0 Å². The Kier molecular flexibility index (Phi) is 5.78. The van der Waals surface area contributed by atoms with Crippen molar-refractivity contribution in [3.05, 3.63) is 47.8 Å². The maximum absolute atomic E-state index is 14.0. The molecule has 0 aliphatic carbocycles. The van der Waals surface area contributed by atoms with Crippen LogP contribution in [0, 0.1) is 12.7 Å². The van der Waals surface area contributed by atoms with Crippen LogP contribution < -0.4 is 14.4 Å². The molecule has 0 radical (unpaired) electrons. The molecule has 1 aliphatic heterocycles. The lowest BCUT2D eigenvalue weighted by Crippen LogP contribution is -2.47. The highest BCUT2D eigenvalue weighted by atomic mass is 32.2. The number of piperazine rings is 1. The second-order valence-electron chi connectivity index (χ2n) is 6.04. The summed E-state index contributed by atoms with van der Waals surface area (Å²) in [6, 6.07) is 10.3. The molecule has 1 aliphatic rings. The summed E-state index contributed by atoms with van der Waals surface area (Å²) in [5, 5.41) is 0. The maximum atomic E-state index is 14.0. The first-order valence-corrected chi connectivity index (χ1v) is 9.55. The number of anilines is 1. The molecule has 26 heavy (non-hydrogen) atoms. The Bertz CT molecular complexity index is 807. The van der Waals surface area contributed by atoms with Crippen molar-refractivity contribution in [3.8, 4) is 11.5 Å². The topological polar surface area (TPSA) is 42.0 Å². The minimum absolute atomic E-state index is 0.227. The third-order valence-electron chi connectivity index (χ3n) is 4.60. The van der Waals surface area contributed by atoms with Crippen molar-refractivity contribution in [2.24, 2.45) is 0 Å². The van der Waals surface area contributed by atoms with Gasteiger partial charge in [0.25, 0.3) is 0 Å². The number of hydrogen-bond acceptors (Lipinski definition) is 4. The molecule has 0 saturated carbocycles. The third-order valence-corrected chi connectivity index (χ3v) is 6.13. The summed E-state index contributed by atoms with van der Waals surface area (Å²) in [6.07, 6.45) is 0. The first-order chi connectivity index (χ1) is 12.6. The number of halogens is 1. The van der Waals surface area contributed by atoms with Crippen LogP contribution in [-0.4, -0.2) is 48.9 Å². The Hall–Kier alpha value is -2.12. The molecule has 0 aromatic heterocycles. The number of benzene rings is 2. The van der Waals surface area contributed by atoms with Gasteiger partial charge in [0.15, 0.2) is 0 Å². The van der Waals surface area contributed by atoms with E-state index in [1.165, 1.54) is 6.07 Å². The van der Waals surface area contributed by atoms with E-state index in [1.807, 2.05) is 22.2 Å². The fraction of sp³-hybridized carbons (Fsp3) is 0.368. The second kappa shape index (κ2) is 8.05. The van der Waals surface area contributed by atoms with Gasteiger partial charge in [-0.15, -0.1) is 0 Å². The first-order valence-electron chi connectivity index (χ1n) is 8.44. The molecule has 0 bridgehead atoms. The Morgan fingerprint density at radius 1 is 1.00 bits per heavy atom. The molecule has 1 atom stereocenters. The fourth-order valence-electron chi connectivity index (χ4n) is 3.20. The summed E-state index contributed by atoms with van der Waals surface area (Å²) >= 11 is 0. The molecule has 0 unspecified atom stereocenters. The van der Waals surface area contributed by atoms with Crippen molar-refractivity contribution in [1.29, 1.82) is 0 Å². The smallest absolute Gasteiger partial charge is 0.146 e. The lowest BCUT2D eigenvalue weighted by molar-refractivity contribution is 0.376. The van der Waals surface area contributed by atoms with E-state index in [0.29, 0.717) is 48.3 Å². The lowest BCUT2D eigenvalue weighted by atomic mass is 10.2. The fourth-order valence-corrected chi connectivity index (χ4v) is 4.56. The third kappa shape index (κ3) is 3.54. The highest BCUT2D eigenvalue weighted by molar-refractivity contribution is 7.82. The zero-order chi connectivity index (χ0) is 18.7. The molecule has 7 heteroatoms. The molecule has 1 fully saturated rings.